The second-order valence-corrected chi connectivity index (χ2v) is 10.3. The maximum Gasteiger partial charge on any atom is 0.121 e. The molecule has 0 amide bonds. The summed E-state index contributed by atoms with van der Waals surface area (Å²) in [7, 11) is 1.96. The highest BCUT2D eigenvalue weighted by atomic mass is 16.3. The smallest absolute Gasteiger partial charge is 0.121 e. The molecular weight excluding hydrogens is 438 g/mol. The fourth-order valence-corrected chi connectivity index (χ4v) is 5.64. The molecule has 6 rings (SSSR count). The van der Waals surface area contributed by atoms with Crippen molar-refractivity contribution in [2.75, 3.05) is 13.7 Å². The summed E-state index contributed by atoms with van der Waals surface area (Å²) in [6.07, 6.45) is 5.53. The summed E-state index contributed by atoms with van der Waals surface area (Å²) in [6, 6.07) is 16.8. The van der Waals surface area contributed by atoms with Gasteiger partial charge in [-0.2, -0.15) is 0 Å². The Morgan fingerprint density at radius 1 is 1.09 bits per heavy atom. The zero-order valence-corrected chi connectivity index (χ0v) is 20.1. The third-order valence-corrected chi connectivity index (χ3v) is 7.72. The Balaban J connectivity index is 1.44. The Morgan fingerprint density at radius 3 is 2.60 bits per heavy atom. The lowest BCUT2D eigenvalue weighted by Gasteiger charge is -2.42. The monoisotopic (exact) mass is 469 g/mol. The molecular formula is C28H31N5O2. The fourth-order valence-electron chi connectivity index (χ4n) is 5.64. The van der Waals surface area contributed by atoms with Crippen LogP contribution in [0.1, 0.15) is 54.5 Å². The minimum absolute atomic E-state index is 0.0705. The molecule has 1 aliphatic carbocycles. The van der Waals surface area contributed by atoms with Crippen molar-refractivity contribution in [2.45, 2.75) is 43.9 Å². The molecule has 3 heterocycles. The van der Waals surface area contributed by atoms with Crippen LogP contribution in [-0.2, 0) is 6.42 Å². The number of imidazole rings is 1. The molecule has 2 aromatic carbocycles. The van der Waals surface area contributed by atoms with Crippen molar-refractivity contribution < 1.29 is 10.2 Å². The molecule has 180 valence electrons. The maximum absolute atomic E-state index is 10.4. The van der Waals surface area contributed by atoms with E-state index in [1.54, 1.807) is 0 Å². The number of nitrogens with zero attached hydrogens (tertiary/aromatic N) is 4. The van der Waals surface area contributed by atoms with Crippen LogP contribution in [0.3, 0.4) is 0 Å². The van der Waals surface area contributed by atoms with Gasteiger partial charge in [0.25, 0.3) is 0 Å². The van der Waals surface area contributed by atoms with E-state index < -0.39 is 5.60 Å². The van der Waals surface area contributed by atoms with E-state index in [9.17, 15) is 10.2 Å². The first-order chi connectivity index (χ1) is 16.9. The van der Waals surface area contributed by atoms with Gasteiger partial charge in [0.1, 0.15) is 12.0 Å². The molecule has 0 saturated heterocycles. The minimum atomic E-state index is -1.01. The van der Waals surface area contributed by atoms with Gasteiger partial charge in [0.15, 0.2) is 0 Å². The van der Waals surface area contributed by atoms with E-state index in [2.05, 4.69) is 54.0 Å². The molecule has 1 fully saturated rings. The Bertz CT molecular complexity index is 1340. The fraction of sp³-hybridized carbons (Fsp3) is 0.357. The molecule has 2 unspecified atom stereocenters. The first kappa shape index (κ1) is 22.2. The number of fused-ring (bicyclic) bond motifs is 2. The van der Waals surface area contributed by atoms with Gasteiger partial charge in [-0.05, 0) is 36.5 Å². The highest BCUT2D eigenvalue weighted by Gasteiger charge is 2.46. The molecule has 35 heavy (non-hydrogen) atoms. The van der Waals surface area contributed by atoms with Gasteiger partial charge in [-0.25, -0.2) is 4.98 Å². The molecule has 1 saturated carbocycles. The third-order valence-electron chi connectivity index (χ3n) is 7.72. The van der Waals surface area contributed by atoms with E-state index in [0.717, 1.165) is 46.2 Å². The Kier molecular flexibility index (Phi) is 5.18. The number of rotatable bonds is 4. The van der Waals surface area contributed by atoms with Gasteiger partial charge in [0.2, 0.25) is 0 Å². The van der Waals surface area contributed by atoms with E-state index in [0.29, 0.717) is 18.8 Å². The van der Waals surface area contributed by atoms with Crippen LogP contribution < -0.4 is 5.73 Å². The van der Waals surface area contributed by atoms with Gasteiger partial charge in [-0.15, -0.1) is 0 Å². The normalized spacial score (nSPS) is 27.2. The van der Waals surface area contributed by atoms with Gasteiger partial charge in [0.05, 0.1) is 35.0 Å². The Hall–Kier alpha value is -3.26. The summed E-state index contributed by atoms with van der Waals surface area (Å²) >= 11 is 0. The molecule has 0 bridgehead atoms. The van der Waals surface area contributed by atoms with Crippen molar-refractivity contribution in [3.05, 3.63) is 77.4 Å². The van der Waals surface area contributed by atoms with E-state index in [1.165, 1.54) is 5.56 Å². The van der Waals surface area contributed by atoms with Gasteiger partial charge in [-0.3, -0.25) is 4.99 Å². The van der Waals surface area contributed by atoms with E-state index in [1.807, 2.05) is 30.4 Å². The van der Waals surface area contributed by atoms with Crippen LogP contribution in [0.5, 0.6) is 0 Å². The lowest BCUT2D eigenvalue weighted by molar-refractivity contribution is -0.0883. The molecule has 0 spiro atoms. The van der Waals surface area contributed by atoms with Crippen LogP contribution in [0.2, 0.25) is 0 Å². The van der Waals surface area contributed by atoms with Crippen molar-refractivity contribution in [3.63, 3.8) is 0 Å². The van der Waals surface area contributed by atoms with E-state index >= 15 is 0 Å². The summed E-state index contributed by atoms with van der Waals surface area (Å²) in [4.78, 5) is 12.1. The standard InChI is InChI=1S/C28H31N5O2/c1-17-12-19-8-9-20(13-22(19)30-23(17)18-6-4-3-5-7-18)24-25-26(29)32(2)10-11-33(25)27(31-24)21-14-28(35,15-21)16-34/h3-11,13,17,21,26,34-35H,12,14-16,29H2,1-2H3. The van der Waals surface area contributed by atoms with Crippen LogP contribution in [0.15, 0.2) is 59.7 Å². The first-order valence-electron chi connectivity index (χ1n) is 12.3. The van der Waals surface area contributed by atoms with Crippen LogP contribution in [-0.4, -0.2) is 49.6 Å². The molecule has 7 heteroatoms. The average Bonchev–Trinajstić information content (AvgIpc) is 3.24. The maximum atomic E-state index is 10.4. The van der Waals surface area contributed by atoms with Crippen LogP contribution in [0, 0.1) is 5.92 Å². The molecule has 3 aliphatic rings. The minimum Gasteiger partial charge on any atom is -0.393 e. The third kappa shape index (κ3) is 3.62. The summed E-state index contributed by atoms with van der Waals surface area (Å²) in [5.41, 5.74) is 12.9. The topological polar surface area (TPSA) is 99.9 Å². The van der Waals surface area contributed by atoms with Gasteiger partial charge in [0, 0.05) is 36.8 Å². The molecule has 1 aromatic heterocycles. The lowest BCUT2D eigenvalue weighted by Crippen LogP contribution is -2.46. The predicted octanol–water partition coefficient (Wildman–Crippen LogP) is 3.79. The average molecular weight is 470 g/mol. The predicted molar refractivity (Wildman–Crippen MR) is 137 cm³/mol. The van der Waals surface area contributed by atoms with Crippen molar-refractivity contribution >= 4 is 17.6 Å². The van der Waals surface area contributed by atoms with E-state index in [4.69, 9.17) is 15.7 Å². The molecule has 4 N–H and O–H groups in total. The quantitative estimate of drug-likeness (QED) is 0.540. The molecule has 2 aliphatic heterocycles. The van der Waals surface area contributed by atoms with Crippen molar-refractivity contribution in [2.24, 2.45) is 16.6 Å². The number of aliphatic hydroxyl groups is 2. The SMILES string of the molecule is CC1Cc2ccc(-c3nc(C4CC(O)(CO)C4)n4c3C(N)N(C)C=C4)cc2N=C1c1ccccc1. The summed E-state index contributed by atoms with van der Waals surface area (Å²) in [5, 5.41) is 19.9. The molecule has 2 atom stereocenters. The Morgan fingerprint density at radius 2 is 1.86 bits per heavy atom. The second-order valence-electron chi connectivity index (χ2n) is 10.3. The number of aliphatic hydroxyl groups excluding tert-OH is 1. The Labute approximate surface area is 205 Å². The number of nitrogens with two attached hydrogens (primary N) is 1. The highest BCUT2D eigenvalue weighted by Crippen LogP contribution is 2.47. The van der Waals surface area contributed by atoms with Gasteiger partial charge in [-0.1, -0.05) is 49.4 Å². The molecule has 0 radical (unpaired) electrons. The number of aromatic nitrogens is 2. The van der Waals surface area contributed by atoms with Crippen molar-refractivity contribution in [1.82, 2.24) is 14.5 Å². The molecule has 7 nitrogen and oxygen atoms in total. The van der Waals surface area contributed by atoms with Crippen LogP contribution in [0.4, 0.5) is 5.69 Å². The number of hydrogen-bond donors (Lipinski definition) is 3. The highest BCUT2D eigenvalue weighted by molar-refractivity contribution is 6.05. The number of hydrogen-bond acceptors (Lipinski definition) is 6. The first-order valence-corrected chi connectivity index (χ1v) is 12.3. The van der Waals surface area contributed by atoms with Crippen molar-refractivity contribution in [3.8, 4) is 11.3 Å². The zero-order valence-electron chi connectivity index (χ0n) is 20.1. The number of benzene rings is 2. The zero-order chi connectivity index (χ0) is 24.3. The van der Waals surface area contributed by atoms with Gasteiger partial charge >= 0.3 is 0 Å². The lowest BCUT2D eigenvalue weighted by atomic mass is 9.71. The summed E-state index contributed by atoms with van der Waals surface area (Å²) in [6.45, 7) is 2.00. The van der Waals surface area contributed by atoms with Crippen LogP contribution in [0.25, 0.3) is 17.5 Å². The molecule has 3 aromatic rings. The van der Waals surface area contributed by atoms with Gasteiger partial charge < -0.3 is 25.4 Å². The second kappa shape index (κ2) is 8.16. The van der Waals surface area contributed by atoms with E-state index in [-0.39, 0.29) is 18.7 Å². The van der Waals surface area contributed by atoms with Crippen LogP contribution >= 0.6 is 0 Å². The summed E-state index contributed by atoms with van der Waals surface area (Å²) in [5.74, 6) is 1.30. The van der Waals surface area contributed by atoms with Crippen molar-refractivity contribution in [1.29, 1.82) is 0 Å². The largest absolute Gasteiger partial charge is 0.393 e. The summed E-state index contributed by atoms with van der Waals surface area (Å²) < 4.78 is 2.07. The number of aliphatic imine (C=N–C) groups is 1.